The molecular formula is C22H26N2O5. The number of rotatable bonds is 8. The lowest BCUT2D eigenvalue weighted by atomic mass is 9.86. The van der Waals surface area contributed by atoms with E-state index in [0.29, 0.717) is 11.3 Å². The summed E-state index contributed by atoms with van der Waals surface area (Å²) in [6.45, 7) is 3.48. The average molecular weight is 398 g/mol. The Bertz CT molecular complexity index is 821. The molecule has 0 aliphatic carbocycles. The molecule has 0 heterocycles. The molecule has 0 aliphatic rings. The molecule has 0 bridgehead atoms. The fourth-order valence-corrected chi connectivity index (χ4v) is 2.80. The highest BCUT2D eigenvalue weighted by molar-refractivity contribution is 5.95. The molecular weight excluding hydrogens is 372 g/mol. The zero-order chi connectivity index (χ0) is 21.2. The molecule has 2 amide bonds. The molecule has 154 valence electrons. The quantitative estimate of drug-likeness (QED) is 0.527. The minimum absolute atomic E-state index is 0.0581. The van der Waals surface area contributed by atoms with E-state index in [4.69, 9.17) is 9.47 Å². The second kappa shape index (κ2) is 10.8. The molecule has 0 radical (unpaired) electrons. The monoisotopic (exact) mass is 398 g/mol. The third kappa shape index (κ3) is 6.34. The first-order valence-corrected chi connectivity index (χ1v) is 9.41. The summed E-state index contributed by atoms with van der Waals surface area (Å²) < 4.78 is 10.2. The highest BCUT2D eigenvalue weighted by Crippen LogP contribution is 2.28. The zero-order valence-electron chi connectivity index (χ0n) is 16.8. The van der Waals surface area contributed by atoms with Crippen molar-refractivity contribution in [1.29, 1.82) is 0 Å². The number of carbonyl (C=O) groups is 3. The van der Waals surface area contributed by atoms with Gasteiger partial charge in [-0.25, -0.2) is 0 Å². The predicted octanol–water partition coefficient (Wildman–Crippen LogP) is 2.83. The minimum Gasteiger partial charge on any atom is -0.497 e. The molecule has 0 spiro atoms. The van der Waals surface area contributed by atoms with Crippen molar-refractivity contribution in [1.82, 2.24) is 10.9 Å². The molecule has 2 aromatic rings. The van der Waals surface area contributed by atoms with Crippen LogP contribution < -0.4 is 15.6 Å². The van der Waals surface area contributed by atoms with Gasteiger partial charge in [0.05, 0.1) is 13.0 Å². The molecule has 2 aromatic carbocycles. The van der Waals surface area contributed by atoms with E-state index < -0.39 is 30.3 Å². The Balaban J connectivity index is 1.86. The fourth-order valence-electron chi connectivity index (χ4n) is 2.80. The van der Waals surface area contributed by atoms with E-state index in [1.807, 2.05) is 44.2 Å². The summed E-state index contributed by atoms with van der Waals surface area (Å²) >= 11 is 0. The average Bonchev–Trinajstić information content (AvgIpc) is 2.76. The largest absolute Gasteiger partial charge is 0.497 e. The molecule has 2 N–H and O–H groups in total. The van der Waals surface area contributed by atoms with Crippen molar-refractivity contribution in [3.63, 3.8) is 0 Å². The molecule has 7 heteroatoms. The van der Waals surface area contributed by atoms with Crippen LogP contribution in [-0.4, -0.2) is 31.5 Å². The van der Waals surface area contributed by atoms with Gasteiger partial charge in [0.1, 0.15) is 5.75 Å². The van der Waals surface area contributed by atoms with Gasteiger partial charge in [-0.15, -0.1) is 0 Å². The number of esters is 1. The summed E-state index contributed by atoms with van der Waals surface area (Å²) in [4.78, 5) is 36.6. The molecule has 0 aromatic heterocycles. The molecule has 0 aliphatic heterocycles. The van der Waals surface area contributed by atoms with Crippen LogP contribution in [0.3, 0.4) is 0 Å². The van der Waals surface area contributed by atoms with Crippen molar-refractivity contribution in [2.75, 3.05) is 13.7 Å². The molecule has 0 fully saturated rings. The number of amides is 2. The van der Waals surface area contributed by atoms with Crippen LogP contribution in [0.2, 0.25) is 0 Å². The Morgan fingerprint density at radius 2 is 1.62 bits per heavy atom. The minimum atomic E-state index is -0.629. The molecule has 29 heavy (non-hydrogen) atoms. The highest BCUT2D eigenvalue weighted by atomic mass is 16.5. The smallest absolute Gasteiger partial charge is 0.314 e. The number of benzene rings is 2. The predicted molar refractivity (Wildman–Crippen MR) is 108 cm³/mol. The highest BCUT2D eigenvalue weighted by Gasteiger charge is 2.27. The van der Waals surface area contributed by atoms with Gasteiger partial charge in [0.15, 0.2) is 6.61 Å². The zero-order valence-corrected chi connectivity index (χ0v) is 16.8. The van der Waals surface area contributed by atoms with Crippen LogP contribution in [0.25, 0.3) is 0 Å². The second-order valence-corrected chi connectivity index (χ2v) is 6.61. The van der Waals surface area contributed by atoms with Crippen LogP contribution in [0.15, 0.2) is 54.6 Å². The van der Waals surface area contributed by atoms with Crippen LogP contribution in [-0.2, 0) is 14.3 Å². The maximum atomic E-state index is 12.6. The first-order chi connectivity index (χ1) is 14.0. The first-order valence-electron chi connectivity index (χ1n) is 9.41. The Hall–Kier alpha value is -3.35. The number of hydrogen-bond acceptors (Lipinski definition) is 5. The van der Waals surface area contributed by atoms with Crippen molar-refractivity contribution in [2.24, 2.45) is 5.92 Å². The number of carbonyl (C=O) groups excluding carboxylic acids is 3. The van der Waals surface area contributed by atoms with E-state index in [1.54, 1.807) is 24.3 Å². The second-order valence-electron chi connectivity index (χ2n) is 6.61. The van der Waals surface area contributed by atoms with E-state index in [-0.39, 0.29) is 5.92 Å². The molecule has 2 atom stereocenters. The number of methoxy groups -OCH3 is 1. The van der Waals surface area contributed by atoms with Gasteiger partial charge in [-0.1, -0.05) is 50.6 Å². The van der Waals surface area contributed by atoms with E-state index in [1.165, 1.54) is 7.11 Å². The van der Waals surface area contributed by atoms with Crippen LogP contribution in [0.1, 0.15) is 42.1 Å². The van der Waals surface area contributed by atoms with Crippen molar-refractivity contribution in [3.05, 3.63) is 65.7 Å². The lowest BCUT2D eigenvalue weighted by Crippen LogP contribution is -2.43. The summed E-state index contributed by atoms with van der Waals surface area (Å²) in [6.07, 6.45) is 0.790. The van der Waals surface area contributed by atoms with E-state index in [2.05, 4.69) is 10.9 Å². The van der Waals surface area contributed by atoms with Crippen molar-refractivity contribution in [3.8, 4) is 5.75 Å². The summed E-state index contributed by atoms with van der Waals surface area (Å²) in [5.74, 6) is -1.37. The third-order valence-corrected chi connectivity index (χ3v) is 4.64. The van der Waals surface area contributed by atoms with Gasteiger partial charge < -0.3 is 9.47 Å². The SMILES string of the molecule is CCC(C)C(C(=O)OCC(=O)NNC(=O)c1ccc(OC)cc1)c1ccccc1. The molecule has 2 unspecified atom stereocenters. The van der Waals surface area contributed by atoms with E-state index >= 15 is 0 Å². The van der Waals surface area contributed by atoms with Crippen LogP contribution in [0.4, 0.5) is 0 Å². The standard InChI is InChI=1S/C22H26N2O5/c1-4-15(2)20(16-8-6-5-7-9-16)22(27)29-14-19(25)23-24-21(26)17-10-12-18(28-3)13-11-17/h5-13,15,20H,4,14H2,1-3H3,(H,23,25)(H,24,26). The Morgan fingerprint density at radius 3 is 2.21 bits per heavy atom. The molecule has 0 saturated carbocycles. The van der Waals surface area contributed by atoms with Gasteiger partial charge in [0.25, 0.3) is 11.8 Å². The molecule has 2 rings (SSSR count). The fraction of sp³-hybridized carbons (Fsp3) is 0.318. The topological polar surface area (TPSA) is 93.7 Å². The van der Waals surface area contributed by atoms with Gasteiger partial charge in [-0.05, 0) is 35.7 Å². The summed E-state index contributed by atoms with van der Waals surface area (Å²) in [6, 6.07) is 15.7. The van der Waals surface area contributed by atoms with E-state index in [0.717, 1.165) is 12.0 Å². The van der Waals surface area contributed by atoms with Crippen LogP contribution >= 0.6 is 0 Å². The van der Waals surface area contributed by atoms with Gasteiger partial charge in [0, 0.05) is 5.56 Å². The van der Waals surface area contributed by atoms with Crippen molar-refractivity contribution < 1.29 is 23.9 Å². The van der Waals surface area contributed by atoms with Crippen LogP contribution in [0.5, 0.6) is 5.75 Å². The van der Waals surface area contributed by atoms with Crippen LogP contribution in [0, 0.1) is 5.92 Å². The van der Waals surface area contributed by atoms with Gasteiger partial charge >= 0.3 is 5.97 Å². The molecule has 0 saturated heterocycles. The lowest BCUT2D eigenvalue weighted by molar-refractivity contribution is -0.151. The van der Waals surface area contributed by atoms with Crippen molar-refractivity contribution in [2.45, 2.75) is 26.2 Å². The molecule has 7 nitrogen and oxygen atoms in total. The van der Waals surface area contributed by atoms with Gasteiger partial charge in [-0.2, -0.15) is 0 Å². The number of hydrogen-bond donors (Lipinski definition) is 2. The number of ether oxygens (including phenoxy) is 2. The summed E-state index contributed by atoms with van der Waals surface area (Å²) in [7, 11) is 1.53. The van der Waals surface area contributed by atoms with Crippen molar-refractivity contribution >= 4 is 17.8 Å². The number of hydrazine groups is 1. The maximum absolute atomic E-state index is 12.6. The third-order valence-electron chi connectivity index (χ3n) is 4.64. The first kappa shape index (κ1) is 21.9. The van der Waals surface area contributed by atoms with Gasteiger partial charge in [0.2, 0.25) is 0 Å². The van der Waals surface area contributed by atoms with E-state index in [9.17, 15) is 14.4 Å². The maximum Gasteiger partial charge on any atom is 0.314 e. The summed E-state index contributed by atoms with van der Waals surface area (Å²) in [5, 5.41) is 0. The normalized spacial score (nSPS) is 12.4. The Labute approximate surface area is 170 Å². The Kier molecular flexibility index (Phi) is 8.21. The van der Waals surface area contributed by atoms with Gasteiger partial charge in [-0.3, -0.25) is 25.2 Å². The Morgan fingerprint density at radius 1 is 0.966 bits per heavy atom. The number of nitrogens with one attached hydrogen (secondary N) is 2. The lowest BCUT2D eigenvalue weighted by Gasteiger charge is -2.21. The summed E-state index contributed by atoms with van der Waals surface area (Å²) in [5.41, 5.74) is 5.72.